The first-order valence-electron chi connectivity index (χ1n) is 7.39. The Hall–Kier alpha value is -0.670. The predicted molar refractivity (Wildman–Crippen MR) is 83.9 cm³/mol. The molecular weight excluding hydrogens is 254 g/mol. The van der Waals surface area contributed by atoms with Crippen molar-refractivity contribution in [1.29, 1.82) is 0 Å². The fourth-order valence-corrected chi connectivity index (χ4v) is 3.76. The van der Waals surface area contributed by atoms with Crippen molar-refractivity contribution in [3.05, 3.63) is 29.8 Å². The smallest absolute Gasteiger partial charge is 0.119 e. The third-order valence-corrected chi connectivity index (χ3v) is 5.09. The van der Waals surface area contributed by atoms with E-state index in [2.05, 4.69) is 19.1 Å². The Kier molecular flexibility index (Phi) is 6.05. The van der Waals surface area contributed by atoms with Gasteiger partial charge in [0.15, 0.2) is 0 Å². The standard InChI is InChI=1S/C16H25NOS/c1-2-11-18-14-9-7-13(8-10-14)16(17)12-19-15-5-3-4-6-15/h7-10,15-16H,2-6,11-12,17H2,1H3. The molecule has 106 valence electrons. The fourth-order valence-electron chi connectivity index (χ4n) is 2.42. The largest absolute Gasteiger partial charge is 0.494 e. The van der Waals surface area contributed by atoms with Crippen LogP contribution in [0.2, 0.25) is 0 Å². The van der Waals surface area contributed by atoms with Crippen molar-refractivity contribution in [1.82, 2.24) is 0 Å². The van der Waals surface area contributed by atoms with Gasteiger partial charge in [0.2, 0.25) is 0 Å². The van der Waals surface area contributed by atoms with Gasteiger partial charge < -0.3 is 10.5 Å². The van der Waals surface area contributed by atoms with Crippen LogP contribution in [0.25, 0.3) is 0 Å². The molecule has 0 heterocycles. The number of ether oxygens (including phenoxy) is 1. The summed E-state index contributed by atoms with van der Waals surface area (Å²) in [5, 5.41) is 0.846. The van der Waals surface area contributed by atoms with Crippen LogP contribution >= 0.6 is 11.8 Å². The van der Waals surface area contributed by atoms with E-state index in [-0.39, 0.29) is 6.04 Å². The summed E-state index contributed by atoms with van der Waals surface area (Å²) < 4.78 is 5.59. The van der Waals surface area contributed by atoms with Crippen molar-refractivity contribution in [3.63, 3.8) is 0 Å². The Morgan fingerprint density at radius 2 is 1.95 bits per heavy atom. The molecule has 1 atom stereocenters. The van der Waals surface area contributed by atoms with E-state index in [1.54, 1.807) is 0 Å². The molecule has 0 amide bonds. The lowest BCUT2D eigenvalue weighted by Gasteiger charge is -2.15. The molecule has 0 aromatic heterocycles. The third-order valence-electron chi connectivity index (χ3n) is 3.59. The molecule has 0 radical (unpaired) electrons. The average molecular weight is 279 g/mol. The molecule has 1 aliphatic carbocycles. The normalized spacial score (nSPS) is 17.6. The fraction of sp³-hybridized carbons (Fsp3) is 0.625. The van der Waals surface area contributed by atoms with Gasteiger partial charge in [-0.15, -0.1) is 0 Å². The number of rotatable bonds is 7. The minimum absolute atomic E-state index is 0.144. The SMILES string of the molecule is CCCOc1ccc(C(N)CSC2CCCC2)cc1. The second kappa shape index (κ2) is 7.81. The van der Waals surface area contributed by atoms with Crippen molar-refractivity contribution < 1.29 is 4.74 Å². The van der Waals surface area contributed by atoms with Gasteiger partial charge in [0.1, 0.15) is 5.75 Å². The minimum Gasteiger partial charge on any atom is -0.494 e. The second-order valence-corrected chi connectivity index (χ2v) is 6.60. The van der Waals surface area contributed by atoms with Crippen molar-refractivity contribution in [3.8, 4) is 5.75 Å². The van der Waals surface area contributed by atoms with E-state index in [1.807, 2.05) is 23.9 Å². The van der Waals surface area contributed by atoms with Gasteiger partial charge in [0.05, 0.1) is 6.61 Å². The van der Waals surface area contributed by atoms with Crippen LogP contribution in [0.5, 0.6) is 5.75 Å². The Balaban J connectivity index is 1.79. The van der Waals surface area contributed by atoms with Crippen molar-refractivity contribution in [2.24, 2.45) is 5.73 Å². The van der Waals surface area contributed by atoms with Gasteiger partial charge in [-0.1, -0.05) is 31.9 Å². The molecule has 0 aliphatic heterocycles. The Bertz CT molecular complexity index is 360. The number of hydrogen-bond donors (Lipinski definition) is 1. The molecule has 3 heteroatoms. The van der Waals surface area contributed by atoms with E-state index in [4.69, 9.17) is 10.5 Å². The van der Waals surface area contributed by atoms with Gasteiger partial charge in [-0.3, -0.25) is 0 Å². The van der Waals surface area contributed by atoms with E-state index in [1.165, 1.54) is 31.2 Å². The zero-order valence-corrected chi connectivity index (χ0v) is 12.6. The first-order chi connectivity index (χ1) is 9.29. The maximum atomic E-state index is 6.26. The lowest BCUT2D eigenvalue weighted by Crippen LogP contribution is -2.14. The van der Waals surface area contributed by atoms with Crippen molar-refractivity contribution >= 4 is 11.8 Å². The van der Waals surface area contributed by atoms with E-state index in [9.17, 15) is 0 Å². The maximum Gasteiger partial charge on any atom is 0.119 e. The molecule has 1 aliphatic rings. The zero-order valence-electron chi connectivity index (χ0n) is 11.8. The molecule has 2 rings (SSSR count). The Morgan fingerprint density at radius 1 is 1.26 bits per heavy atom. The number of thioether (sulfide) groups is 1. The molecule has 0 spiro atoms. The summed E-state index contributed by atoms with van der Waals surface area (Å²) in [6.45, 7) is 2.90. The zero-order chi connectivity index (χ0) is 13.5. The second-order valence-electron chi connectivity index (χ2n) is 5.26. The summed E-state index contributed by atoms with van der Waals surface area (Å²) in [7, 11) is 0. The molecule has 1 aromatic carbocycles. The maximum absolute atomic E-state index is 6.26. The van der Waals surface area contributed by atoms with Crippen LogP contribution in [0.3, 0.4) is 0 Å². The number of benzene rings is 1. The van der Waals surface area contributed by atoms with Gasteiger partial charge in [-0.05, 0) is 37.0 Å². The lowest BCUT2D eigenvalue weighted by atomic mass is 10.1. The summed E-state index contributed by atoms with van der Waals surface area (Å²) in [4.78, 5) is 0. The van der Waals surface area contributed by atoms with Gasteiger partial charge in [0, 0.05) is 17.0 Å². The highest BCUT2D eigenvalue weighted by Gasteiger charge is 2.17. The van der Waals surface area contributed by atoms with Crippen LogP contribution in [0, 0.1) is 0 Å². The topological polar surface area (TPSA) is 35.2 Å². The van der Waals surface area contributed by atoms with Gasteiger partial charge in [-0.2, -0.15) is 11.8 Å². The van der Waals surface area contributed by atoms with Crippen LogP contribution in [0.1, 0.15) is 50.6 Å². The summed E-state index contributed by atoms with van der Waals surface area (Å²) in [6, 6.07) is 8.41. The summed E-state index contributed by atoms with van der Waals surface area (Å²) in [6.07, 6.45) is 6.59. The summed E-state index contributed by atoms with van der Waals surface area (Å²) >= 11 is 2.05. The van der Waals surface area contributed by atoms with Gasteiger partial charge >= 0.3 is 0 Å². The summed E-state index contributed by atoms with van der Waals surface area (Å²) in [5.74, 6) is 1.97. The molecule has 1 saturated carbocycles. The third kappa shape index (κ3) is 4.73. The predicted octanol–water partition coefficient (Wildman–Crippen LogP) is 4.15. The minimum atomic E-state index is 0.144. The molecule has 2 N–H and O–H groups in total. The molecular formula is C16H25NOS. The molecule has 2 nitrogen and oxygen atoms in total. The highest BCUT2D eigenvalue weighted by molar-refractivity contribution is 7.99. The highest BCUT2D eigenvalue weighted by Crippen LogP contribution is 2.31. The van der Waals surface area contributed by atoms with Gasteiger partial charge in [-0.25, -0.2) is 0 Å². The Labute approximate surface area is 121 Å². The quantitative estimate of drug-likeness (QED) is 0.814. The van der Waals surface area contributed by atoms with Crippen LogP contribution in [-0.4, -0.2) is 17.6 Å². The number of nitrogens with two attached hydrogens (primary N) is 1. The van der Waals surface area contributed by atoms with E-state index in [0.29, 0.717) is 0 Å². The molecule has 19 heavy (non-hydrogen) atoms. The molecule has 0 saturated heterocycles. The number of hydrogen-bond acceptors (Lipinski definition) is 3. The van der Waals surface area contributed by atoms with Crippen LogP contribution in [0.15, 0.2) is 24.3 Å². The first-order valence-corrected chi connectivity index (χ1v) is 8.44. The average Bonchev–Trinajstić information content (AvgIpc) is 2.96. The van der Waals surface area contributed by atoms with E-state index >= 15 is 0 Å². The van der Waals surface area contributed by atoms with Crippen LogP contribution < -0.4 is 10.5 Å². The van der Waals surface area contributed by atoms with Crippen LogP contribution in [0.4, 0.5) is 0 Å². The van der Waals surface area contributed by atoms with E-state index in [0.717, 1.165) is 29.8 Å². The highest BCUT2D eigenvalue weighted by atomic mass is 32.2. The molecule has 1 fully saturated rings. The lowest BCUT2D eigenvalue weighted by molar-refractivity contribution is 0.317. The van der Waals surface area contributed by atoms with Crippen molar-refractivity contribution in [2.45, 2.75) is 50.3 Å². The van der Waals surface area contributed by atoms with Crippen LogP contribution in [-0.2, 0) is 0 Å². The van der Waals surface area contributed by atoms with Crippen molar-refractivity contribution in [2.75, 3.05) is 12.4 Å². The first kappa shape index (κ1) is 14.7. The molecule has 1 aromatic rings. The Morgan fingerprint density at radius 3 is 2.58 bits per heavy atom. The molecule has 1 unspecified atom stereocenters. The molecule has 0 bridgehead atoms. The monoisotopic (exact) mass is 279 g/mol. The van der Waals surface area contributed by atoms with E-state index < -0.39 is 0 Å². The van der Waals surface area contributed by atoms with Gasteiger partial charge in [0.25, 0.3) is 0 Å². The summed E-state index contributed by atoms with van der Waals surface area (Å²) in [5.41, 5.74) is 7.48.